The van der Waals surface area contributed by atoms with Crippen molar-refractivity contribution in [2.45, 2.75) is 32.1 Å². The number of carbonyl (C=O) groups is 2. The minimum atomic E-state index is -0.239. The average molecular weight is 407 g/mol. The molecule has 2 aliphatic rings. The zero-order chi connectivity index (χ0) is 20.9. The number of carbonyl (C=O) groups excluding carboxylic acids is 2. The van der Waals surface area contributed by atoms with Crippen molar-refractivity contribution >= 4 is 11.8 Å². The van der Waals surface area contributed by atoms with E-state index < -0.39 is 0 Å². The van der Waals surface area contributed by atoms with Crippen molar-refractivity contribution in [1.29, 1.82) is 0 Å². The fourth-order valence-electron chi connectivity index (χ4n) is 4.70. The van der Waals surface area contributed by atoms with Crippen LogP contribution in [0.25, 0.3) is 11.1 Å². The molecule has 2 aromatic rings. The Balaban J connectivity index is 1.54. The Morgan fingerprint density at radius 1 is 1.10 bits per heavy atom. The molecule has 2 aromatic carbocycles. The van der Waals surface area contributed by atoms with Gasteiger partial charge in [-0.25, -0.2) is 0 Å². The number of nitrogens with zero attached hydrogens (tertiary/aromatic N) is 1. The van der Waals surface area contributed by atoms with E-state index in [0.29, 0.717) is 26.1 Å². The van der Waals surface area contributed by atoms with Gasteiger partial charge in [0.15, 0.2) is 0 Å². The first-order valence-electron chi connectivity index (χ1n) is 10.9. The molecule has 0 bridgehead atoms. The molecule has 1 heterocycles. The second-order valence-corrected chi connectivity index (χ2v) is 8.34. The molecule has 1 aliphatic heterocycles. The Labute approximate surface area is 178 Å². The van der Waals surface area contributed by atoms with Gasteiger partial charge in [0.05, 0.1) is 13.0 Å². The zero-order valence-corrected chi connectivity index (χ0v) is 17.6. The van der Waals surface area contributed by atoms with E-state index in [2.05, 4.69) is 17.4 Å². The van der Waals surface area contributed by atoms with Crippen LogP contribution in [0.1, 0.15) is 31.2 Å². The van der Waals surface area contributed by atoms with Gasteiger partial charge in [-0.15, -0.1) is 0 Å². The molecule has 1 saturated heterocycles. The minimum Gasteiger partial charge on any atom is -0.497 e. The van der Waals surface area contributed by atoms with Crippen molar-refractivity contribution in [3.8, 4) is 16.9 Å². The molecule has 4 rings (SSSR count). The van der Waals surface area contributed by atoms with Crippen LogP contribution in [-0.4, -0.2) is 43.5 Å². The number of benzene rings is 2. The Kier molecular flexibility index (Phi) is 6.36. The molecule has 1 aliphatic carbocycles. The van der Waals surface area contributed by atoms with Crippen molar-refractivity contribution in [2.75, 3.05) is 26.7 Å². The fraction of sp³-hybridized carbons (Fsp3) is 0.440. The van der Waals surface area contributed by atoms with Gasteiger partial charge in [-0.05, 0) is 48.1 Å². The molecule has 2 fully saturated rings. The average Bonchev–Trinajstić information content (AvgIpc) is 3.26. The maximum absolute atomic E-state index is 13.0. The lowest BCUT2D eigenvalue weighted by atomic mass is 9.91. The highest BCUT2D eigenvalue weighted by molar-refractivity contribution is 5.83. The van der Waals surface area contributed by atoms with E-state index in [9.17, 15) is 9.59 Å². The number of hydrogen-bond donors (Lipinski definition) is 1. The summed E-state index contributed by atoms with van der Waals surface area (Å²) < 4.78 is 5.27. The molecule has 5 heteroatoms. The third kappa shape index (κ3) is 4.50. The summed E-state index contributed by atoms with van der Waals surface area (Å²) in [6.45, 7) is 1.64. The summed E-state index contributed by atoms with van der Waals surface area (Å²) in [6.07, 6.45) is 4.87. The summed E-state index contributed by atoms with van der Waals surface area (Å²) >= 11 is 0. The van der Waals surface area contributed by atoms with E-state index in [1.54, 1.807) is 7.11 Å². The van der Waals surface area contributed by atoms with Gasteiger partial charge in [0.25, 0.3) is 0 Å². The lowest BCUT2D eigenvalue weighted by Crippen LogP contribution is -2.40. The SMILES string of the molecule is COc1ccc(-c2ccccc2C[C@@H]2CN(C(=O)C3CCCC3)CCNC2=O)cc1. The first kappa shape index (κ1) is 20.5. The van der Waals surface area contributed by atoms with Gasteiger partial charge in [-0.1, -0.05) is 49.2 Å². The smallest absolute Gasteiger partial charge is 0.225 e. The van der Waals surface area contributed by atoms with Crippen LogP contribution in [0.2, 0.25) is 0 Å². The number of hydrogen-bond acceptors (Lipinski definition) is 3. The molecule has 1 atom stereocenters. The lowest BCUT2D eigenvalue weighted by molar-refractivity contribution is -0.136. The first-order valence-corrected chi connectivity index (χ1v) is 10.9. The number of nitrogens with one attached hydrogen (secondary N) is 1. The van der Waals surface area contributed by atoms with Gasteiger partial charge in [-0.2, -0.15) is 0 Å². The molecular formula is C25H30N2O3. The van der Waals surface area contributed by atoms with Crippen molar-refractivity contribution in [1.82, 2.24) is 10.2 Å². The summed E-state index contributed by atoms with van der Waals surface area (Å²) in [5, 5.41) is 3.02. The lowest BCUT2D eigenvalue weighted by Gasteiger charge is -2.26. The summed E-state index contributed by atoms with van der Waals surface area (Å²) in [4.78, 5) is 27.7. The van der Waals surface area contributed by atoms with E-state index >= 15 is 0 Å². The second kappa shape index (κ2) is 9.33. The molecule has 2 amide bonds. The van der Waals surface area contributed by atoms with E-state index in [1.165, 1.54) is 0 Å². The van der Waals surface area contributed by atoms with Gasteiger partial charge < -0.3 is 15.0 Å². The molecule has 0 unspecified atom stereocenters. The highest BCUT2D eigenvalue weighted by Crippen LogP contribution is 2.30. The van der Waals surface area contributed by atoms with Gasteiger partial charge >= 0.3 is 0 Å². The molecule has 158 valence electrons. The highest BCUT2D eigenvalue weighted by atomic mass is 16.5. The van der Waals surface area contributed by atoms with E-state index in [0.717, 1.165) is 48.1 Å². The van der Waals surface area contributed by atoms with Crippen LogP contribution in [0.3, 0.4) is 0 Å². The van der Waals surface area contributed by atoms with Gasteiger partial charge in [-0.3, -0.25) is 9.59 Å². The maximum Gasteiger partial charge on any atom is 0.225 e. The molecule has 5 nitrogen and oxygen atoms in total. The summed E-state index contributed by atoms with van der Waals surface area (Å²) in [5.74, 6) is 1.00. The van der Waals surface area contributed by atoms with Gasteiger partial charge in [0, 0.05) is 25.6 Å². The summed E-state index contributed by atoms with van der Waals surface area (Å²) in [7, 11) is 1.66. The second-order valence-electron chi connectivity index (χ2n) is 8.34. The molecule has 1 N–H and O–H groups in total. The van der Waals surface area contributed by atoms with Crippen LogP contribution in [0.5, 0.6) is 5.75 Å². The Morgan fingerprint density at radius 3 is 2.57 bits per heavy atom. The van der Waals surface area contributed by atoms with Crippen LogP contribution >= 0.6 is 0 Å². The molecule has 1 saturated carbocycles. The normalized spacial score (nSPS) is 20.0. The monoisotopic (exact) mass is 406 g/mol. The van der Waals surface area contributed by atoms with Crippen LogP contribution < -0.4 is 10.1 Å². The number of methoxy groups -OCH3 is 1. The maximum atomic E-state index is 13.0. The Hall–Kier alpha value is -2.82. The van der Waals surface area contributed by atoms with Crippen LogP contribution in [-0.2, 0) is 16.0 Å². The molecule has 0 radical (unpaired) electrons. The topological polar surface area (TPSA) is 58.6 Å². The van der Waals surface area contributed by atoms with Crippen molar-refractivity contribution < 1.29 is 14.3 Å². The molecule has 0 spiro atoms. The third-order valence-electron chi connectivity index (χ3n) is 6.39. The van der Waals surface area contributed by atoms with Crippen molar-refractivity contribution in [3.05, 3.63) is 54.1 Å². The van der Waals surface area contributed by atoms with Crippen LogP contribution in [0.15, 0.2) is 48.5 Å². The third-order valence-corrected chi connectivity index (χ3v) is 6.39. The van der Waals surface area contributed by atoms with E-state index in [1.807, 2.05) is 41.3 Å². The van der Waals surface area contributed by atoms with Crippen molar-refractivity contribution in [3.63, 3.8) is 0 Å². The Morgan fingerprint density at radius 2 is 1.83 bits per heavy atom. The first-order chi connectivity index (χ1) is 14.7. The Bertz CT molecular complexity index is 888. The quantitative estimate of drug-likeness (QED) is 0.824. The van der Waals surface area contributed by atoms with Gasteiger partial charge in [0.2, 0.25) is 11.8 Å². The van der Waals surface area contributed by atoms with E-state index in [4.69, 9.17) is 4.74 Å². The van der Waals surface area contributed by atoms with E-state index in [-0.39, 0.29) is 23.7 Å². The molecule has 0 aromatic heterocycles. The largest absolute Gasteiger partial charge is 0.497 e. The predicted octanol–water partition coefficient (Wildman–Crippen LogP) is 3.67. The number of rotatable bonds is 5. The minimum absolute atomic E-state index is 0.0428. The summed E-state index contributed by atoms with van der Waals surface area (Å²) in [6, 6.07) is 16.2. The predicted molar refractivity (Wildman–Crippen MR) is 117 cm³/mol. The van der Waals surface area contributed by atoms with Crippen molar-refractivity contribution in [2.24, 2.45) is 11.8 Å². The highest BCUT2D eigenvalue weighted by Gasteiger charge is 2.32. The number of ether oxygens (including phenoxy) is 1. The standard InChI is InChI=1S/C25H30N2O3/c1-30-22-12-10-18(11-13-22)23-9-5-4-8-20(23)16-21-17-27(15-14-26-24(21)28)25(29)19-6-2-3-7-19/h4-5,8-13,19,21H,2-3,6-7,14-17H2,1H3,(H,26,28)/t21-/m1/s1. The fourth-order valence-corrected chi connectivity index (χ4v) is 4.70. The van der Waals surface area contributed by atoms with Crippen LogP contribution in [0.4, 0.5) is 0 Å². The zero-order valence-electron chi connectivity index (χ0n) is 17.6. The molecule has 30 heavy (non-hydrogen) atoms. The molecular weight excluding hydrogens is 376 g/mol. The summed E-state index contributed by atoms with van der Waals surface area (Å²) in [5.41, 5.74) is 3.34. The number of amides is 2. The van der Waals surface area contributed by atoms with Gasteiger partial charge in [0.1, 0.15) is 5.75 Å². The van der Waals surface area contributed by atoms with Crippen LogP contribution in [0, 0.1) is 11.8 Å².